The Balaban J connectivity index is 1.63. The monoisotopic (exact) mass is 266 g/mol. The maximum atomic E-state index is 12.1. The standard InChI is InChI=1S/C17H18N2O/c1-17(2)14-10-19(11-15(14)17)16(20)7-6-12-4-3-5-13(8-12)9-18/h3-8,14-15H,10-11H2,1-2H3/b7-6+. The Morgan fingerprint density at radius 1 is 1.40 bits per heavy atom. The lowest BCUT2D eigenvalue weighted by Crippen LogP contribution is -2.31. The molecule has 1 aromatic rings. The van der Waals surface area contributed by atoms with Gasteiger partial charge < -0.3 is 4.90 Å². The lowest BCUT2D eigenvalue weighted by molar-refractivity contribution is -0.125. The van der Waals surface area contributed by atoms with Gasteiger partial charge in [-0.3, -0.25) is 4.79 Å². The number of hydrogen-bond donors (Lipinski definition) is 0. The Morgan fingerprint density at radius 3 is 2.75 bits per heavy atom. The predicted octanol–water partition coefficient (Wildman–Crippen LogP) is 2.69. The molecule has 0 aromatic heterocycles. The molecule has 3 nitrogen and oxygen atoms in total. The second-order valence-electron chi connectivity index (χ2n) is 6.35. The molecule has 1 aliphatic carbocycles. The van der Waals surface area contributed by atoms with Crippen LogP contribution in [-0.4, -0.2) is 23.9 Å². The molecule has 1 saturated heterocycles. The molecule has 1 amide bonds. The van der Waals surface area contributed by atoms with Crippen LogP contribution in [0.5, 0.6) is 0 Å². The number of piperidine rings is 1. The Labute approximate surface area is 119 Å². The predicted molar refractivity (Wildman–Crippen MR) is 77.5 cm³/mol. The summed E-state index contributed by atoms with van der Waals surface area (Å²) in [4.78, 5) is 14.1. The molecule has 20 heavy (non-hydrogen) atoms. The molecular formula is C17H18N2O. The van der Waals surface area contributed by atoms with Crippen LogP contribution in [0.15, 0.2) is 30.3 Å². The highest BCUT2D eigenvalue weighted by molar-refractivity contribution is 5.92. The van der Waals surface area contributed by atoms with E-state index in [1.807, 2.05) is 17.0 Å². The number of carbonyl (C=O) groups is 1. The molecule has 1 aliphatic heterocycles. The summed E-state index contributed by atoms with van der Waals surface area (Å²) in [6, 6.07) is 9.37. The van der Waals surface area contributed by atoms with Crippen LogP contribution in [0.3, 0.4) is 0 Å². The zero-order valence-electron chi connectivity index (χ0n) is 11.8. The second kappa shape index (κ2) is 4.49. The minimum absolute atomic E-state index is 0.0790. The van der Waals surface area contributed by atoms with Crippen molar-refractivity contribution in [3.05, 3.63) is 41.5 Å². The normalized spacial score (nSPS) is 26.4. The van der Waals surface area contributed by atoms with Gasteiger partial charge in [-0.1, -0.05) is 26.0 Å². The van der Waals surface area contributed by atoms with E-state index >= 15 is 0 Å². The van der Waals surface area contributed by atoms with Crippen LogP contribution in [0.4, 0.5) is 0 Å². The van der Waals surface area contributed by atoms with Crippen molar-refractivity contribution in [1.82, 2.24) is 4.90 Å². The quantitative estimate of drug-likeness (QED) is 0.772. The number of likely N-dealkylation sites (tertiary alicyclic amines) is 1. The van der Waals surface area contributed by atoms with Gasteiger partial charge in [-0.15, -0.1) is 0 Å². The molecule has 3 rings (SSSR count). The molecule has 1 saturated carbocycles. The van der Waals surface area contributed by atoms with E-state index < -0.39 is 0 Å². The first kappa shape index (κ1) is 12.9. The number of nitrogens with zero attached hydrogens (tertiary/aromatic N) is 2. The molecule has 2 fully saturated rings. The Kier molecular flexibility index (Phi) is 2.90. The molecule has 0 bridgehead atoms. The molecule has 0 radical (unpaired) electrons. The lowest BCUT2D eigenvalue weighted by Gasteiger charge is -2.20. The number of carbonyl (C=O) groups excluding carboxylic acids is 1. The van der Waals surface area contributed by atoms with Crippen molar-refractivity contribution in [3.8, 4) is 6.07 Å². The van der Waals surface area contributed by atoms with Gasteiger partial charge in [0, 0.05) is 19.2 Å². The molecular weight excluding hydrogens is 248 g/mol. The van der Waals surface area contributed by atoms with Crippen molar-refractivity contribution >= 4 is 12.0 Å². The number of rotatable bonds is 2. The van der Waals surface area contributed by atoms with Crippen LogP contribution in [-0.2, 0) is 4.79 Å². The Hall–Kier alpha value is -2.08. The average Bonchev–Trinajstić information content (AvgIpc) is 2.85. The van der Waals surface area contributed by atoms with Crippen LogP contribution in [0.2, 0.25) is 0 Å². The molecule has 2 unspecified atom stereocenters. The van der Waals surface area contributed by atoms with Gasteiger partial charge in [-0.25, -0.2) is 0 Å². The van der Waals surface area contributed by atoms with Crippen LogP contribution in [0, 0.1) is 28.6 Å². The van der Waals surface area contributed by atoms with Crippen molar-refractivity contribution in [1.29, 1.82) is 5.26 Å². The van der Waals surface area contributed by atoms with Gasteiger partial charge in [0.25, 0.3) is 0 Å². The van der Waals surface area contributed by atoms with Gasteiger partial charge in [0.05, 0.1) is 11.6 Å². The third kappa shape index (κ3) is 2.12. The lowest BCUT2D eigenvalue weighted by atomic mass is 10.1. The van der Waals surface area contributed by atoms with Gasteiger partial charge in [0.2, 0.25) is 5.91 Å². The van der Waals surface area contributed by atoms with E-state index in [1.165, 1.54) is 0 Å². The number of nitriles is 1. The maximum absolute atomic E-state index is 12.1. The summed E-state index contributed by atoms with van der Waals surface area (Å²) < 4.78 is 0. The molecule has 1 aromatic carbocycles. The fourth-order valence-corrected chi connectivity index (χ4v) is 3.30. The van der Waals surface area contributed by atoms with Crippen molar-refractivity contribution in [2.45, 2.75) is 13.8 Å². The van der Waals surface area contributed by atoms with Crippen molar-refractivity contribution in [3.63, 3.8) is 0 Å². The summed E-state index contributed by atoms with van der Waals surface area (Å²) in [5.41, 5.74) is 1.94. The van der Waals surface area contributed by atoms with E-state index in [2.05, 4.69) is 19.9 Å². The third-order valence-corrected chi connectivity index (χ3v) is 4.87. The van der Waals surface area contributed by atoms with Crippen molar-refractivity contribution in [2.24, 2.45) is 17.3 Å². The third-order valence-electron chi connectivity index (χ3n) is 4.87. The van der Waals surface area contributed by atoms with Crippen LogP contribution >= 0.6 is 0 Å². The first-order valence-corrected chi connectivity index (χ1v) is 6.99. The fraction of sp³-hybridized carbons (Fsp3) is 0.412. The van der Waals surface area contributed by atoms with Crippen LogP contribution < -0.4 is 0 Å². The molecule has 2 atom stereocenters. The minimum Gasteiger partial charge on any atom is -0.339 e. The summed E-state index contributed by atoms with van der Waals surface area (Å²) in [6.45, 7) is 6.35. The Morgan fingerprint density at radius 2 is 2.10 bits per heavy atom. The van der Waals surface area contributed by atoms with Crippen molar-refractivity contribution < 1.29 is 4.79 Å². The summed E-state index contributed by atoms with van der Waals surface area (Å²) in [5.74, 6) is 1.44. The summed E-state index contributed by atoms with van der Waals surface area (Å²) in [6.07, 6.45) is 3.41. The number of amides is 1. The molecule has 1 heterocycles. The molecule has 0 spiro atoms. The van der Waals surface area contributed by atoms with E-state index in [9.17, 15) is 4.79 Å². The molecule has 0 N–H and O–H groups in total. The fourth-order valence-electron chi connectivity index (χ4n) is 3.30. The van der Waals surface area contributed by atoms with E-state index in [-0.39, 0.29) is 5.91 Å². The summed E-state index contributed by atoms with van der Waals surface area (Å²) >= 11 is 0. The van der Waals surface area contributed by atoms with Gasteiger partial charge in [0.1, 0.15) is 0 Å². The first-order valence-electron chi connectivity index (χ1n) is 6.99. The van der Waals surface area contributed by atoms with Gasteiger partial charge in [-0.05, 0) is 41.0 Å². The maximum Gasteiger partial charge on any atom is 0.246 e. The van der Waals surface area contributed by atoms with Crippen LogP contribution in [0.25, 0.3) is 6.08 Å². The molecule has 102 valence electrons. The first-order chi connectivity index (χ1) is 9.52. The van der Waals surface area contributed by atoms with E-state index in [0.717, 1.165) is 18.7 Å². The summed E-state index contributed by atoms with van der Waals surface area (Å²) in [7, 11) is 0. The highest BCUT2D eigenvalue weighted by atomic mass is 16.2. The minimum atomic E-state index is 0.0790. The van der Waals surface area contributed by atoms with Gasteiger partial charge >= 0.3 is 0 Å². The largest absolute Gasteiger partial charge is 0.339 e. The van der Waals surface area contributed by atoms with Gasteiger partial charge in [-0.2, -0.15) is 5.26 Å². The second-order valence-corrected chi connectivity index (χ2v) is 6.35. The zero-order chi connectivity index (χ0) is 14.3. The van der Waals surface area contributed by atoms with Crippen LogP contribution in [0.1, 0.15) is 25.0 Å². The number of benzene rings is 1. The van der Waals surface area contributed by atoms with E-state index in [0.29, 0.717) is 22.8 Å². The highest BCUT2D eigenvalue weighted by Crippen LogP contribution is 2.61. The Bertz CT molecular complexity index is 610. The topological polar surface area (TPSA) is 44.1 Å². The smallest absolute Gasteiger partial charge is 0.246 e. The molecule has 2 aliphatic rings. The van der Waals surface area contributed by atoms with Gasteiger partial charge in [0.15, 0.2) is 0 Å². The number of hydrogen-bond acceptors (Lipinski definition) is 2. The van der Waals surface area contributed by atoms with E-state index in [4.69, 9.17) is 5.26 Å². The number of fused-ring (bicyclic) bond motifs is 1. The van der Waals surface area contributed by atoms with E-state index in [1.54, 1.807) is 24.3 Å². The SMILES string of the molecule is CC1(C)C2CN(C(=O)/C=C/c3cccc(C#N)c3)CC21. The molecule has 3 heteroatoms. The zero-order valence-corrected chi connectivity index (χ0v) is 11.8. The average molecular weight is 266 g/mol. The summed E-state index contributed by atoms with van der Waals surface area (Å²) in [5, 5.41) is 8.85. The van der Waals surface area contributed by atoms with Crippen molar-refractivity contribution in [2.75, 3.05) is 13.1 Å². The highest BCUT2D eigenvalue weighted by Gasteiger charge is 2.62.